The minimum Gasteiger partial charge on any atom is -0.496 e. The number of amides is 1. The number of nitrogens with one attached hydrogen (secondary N) is 1. The molecule has 11 nitrogen and oxygen atoms in total. The lowest BCUT2D eigenvalue weighted by molar-refractivity contribution is -0.394. The molecule has 0 fully saturated rings. The molecule has 0 unspecified atom stereocenters. The molecule has 12 heteroatoms. The Morgan fingerprint density at radius 3 is 2.81 bits per heavy atom. The smallest absolute Gasteiger partial charge is 0.490 e. The maximum Gasteiger partial charge on any atom is 0.490 e. The number of nitro groups is 1. The highest BCUT2D eigenvalue weighted by molar-refractivity contribution is 5.97. The molecule has 0 aliphatic heterocycles. The van der Waals surface area contributed by atoms with Crippen molar-refractivity contribution in [2.75, 3.05) is 7.11 Å². The minimum atomic E-state index is -0.706. The van der Waals surface area contributed by atoms with E-state index in [9.17, 15) is 19.3 Å². The maximum atomic E-state index is 13.3. The molecule has 0 aliphatic carbocycles. The van der Waals surface area contributed by atoms with Crippen LogP contribution in [0.1, 0.15) is 22.8 Å². The Bertz CT molecular complexity index is 1160. The SMILES string of the molecule is COc1cc(OCc2cccc(F)c2)ccc1C(=O)N/N=C(/C)Cn1cnc([N+](=O)[O-])n1. The van der Waals surface area contributed by atoms with Gasteiger partial charge in [0.2, 0.25) is 6.33 Å². The van der Waals surface area contributed by atoms with E-state index in [1.54, 1.807) is 31.2 Å². The van der Waals surface area contributed by atoms with Crippen molar-refractivity contribution >= 4 is 17.6 Å². The van der Waals surface area contributed by atoms with Gasteiger partial charge < -0.3 is 19.6 Å². The lowest BCUT2D eigenvalue weighted by Gasteiger charge is -2.11. The lowest BCUT2D eigenvalue weighted by atomic mass is 10.2. The number of carbonyl (C=O) groups excluding carboxylic acids is 1. The summed E-state index contributed by atoms with van der Waals surface area (Å²) in [5.74, 6) is -0.698. The van der Waals surface area contributed by atoms with Gasteiger partial charge in [-0.15, -0.1) is 0 Å². The molecule has 1 amide bonds. The summed E-state index contributed by atoms with van der Waals surface area (Å²) in [6.45, 7) is 1.87. The van der Waals surface area contributed by atoms with Crippen LogP contribution in [0, 0.1) is 15.9 Å². The number of nitrogens with zero attached hydrogens (tertiary/aromatic N) is 5. The van der Waals surface area contributed by atoms with Crippen molar-refractivity contribution < 1.29 is 23.6 Å². The van der Waals surface area contributed by atoms with Crippen molar-refractivity contribution in [1.82, 2.24) is 20.2 Å². The fourth-order valence-electron chi connectivity index (χ4n) is 2.66. The topological polar surface area (TPSA) is 134 Å². The first-order valence-electron chi connectivity index (χ1n) is 9.28. The summed E-state index contributed by atoms with van der Waals surface area (Å²) in [6.07, 6.45) is 1.20. The van der Waals surface area contributed by atoms with Crippen molar-refractivity contribution in [3.8, 4) is 11.5 Å². The quantitative estimate of drug-likeness (QED) is 0.306. The fourth-order valence-corrected chi connectivity index (χ4v) is 2.66. The summed E-state index contributed by atoms with van der Waals surface area (Å²) >= 11 is 0. The molecule has 1 heterocycles. The van der Waals surface area contributed by atoms with E-state index in [2.05, 4.69) is 20.6 Å². The molecule has 0 bridgehead atoms. The second-order valence-electron chi connectivity index (χ2n) is 6.57. The largest absolute Gasteiger partial charge is 0.496 e. The first-order valence-corrected chi connectivity index (χ1v) is 9.28. The van der Waals surface area contributed by atoms with Crippen LogP contribution in [0.4, 0.5) is 10.3 Å². The number of halogens is 1. The van der Waals surface area contributed by atoms with Gasteiger partial charge in [-0.05, 0) is 41.7 Å². The average Bonchev–Trinajstić information content (AvgIpc) is 3.24. The van der Waals surface area contributed by atoms with Gasteiger partial charge in [0.25, 0.3) is 5.91 Å². The number of methoxy groups -OCH3 is 1. The number of hydrogen-bond donors (Lipinski definition) is 1. The molecule has 1 N–H and O–H groups in total. The van der Waals surface area contributed by atoms with E-state index in [1.165, 1.54) is 36.3 Å². The molecule has 2 aromatic carbocycles. The van der Waals surface area contributed by atoms with E-state index < -0.39 is 16.8 Å². The summed E-state index contributed by atoms with van der Waals surface area (Å²) in [7, 11) is 1.41. The fraction of sp³-hybridized carbons (Fsp3) is 0.200. The molecule has 0 spiro atoms. The zero-order valence-electron chi connectivity index (χ0n) is 17.2. The van der Waals surface area contributed by atoms with Crippen LogP contribution in [0.15, 0.2) is 53.9 Å². The Kier molecular flexibility index (Phi) is 7.06. The number of hydrogen-bond acceptors (Lipinski definition) is 8. The van der Waals surface area contributed by atoms with Gasteiger partial charge in [-0.1, -0.05) is 17.1 Å². The van der Waals surface area contributed by atoms with Crippen LogP contribution in [0.5, 0.6) is 11.5 Å². The highest BCUT2D eigenvalue weighted by Crippen LogP contribution is 2.25. The van der Waals surface area contributed by atoms with Gasteiger partial charge in [0.1, 0.15) is 23.9 Å². The summed E-state index contributed by atoms with van der Waals surface area (Å²) in [5, 5.41) is 18.3. The maximum absolute atomic E-state index is 13.3. The minimum absolute atomic E-state index is 0.102. The Morgan fingerprint density at radius 1 is 1.31 bits per heavy atom. The molecule has 0 saturated heterocycles. The third kappa shape index (κ3) is 5.84. The number of carbonyl (C=O) groups is 1. The van der Waals surface area contributed by atoms with Crippen molar-refractivity contribution in [3.63, 3.8) is 0 Å². The molecule has 0 radical (unpaired) electrons. The van der Waals surface area contributed by atoms with E-state index >= 15 is 0 Å². The Morgan fingerprint density at radius 2 is 2.12 bits per heavy atom. The molecule has 32 heavy (non-hydrogen) atoms. The molecular weight excluding hydrogens is 423 g/mol. The zero-order chi connectivity index (χ0) is 23.1. The number of benzene rings is 2. The van der Waals surface area contributed by atoms with E-state index in [0.717, 1.165) is 0 Å². The van der Waals surface area contributed by atoms with Crippen molar-refractivity contribution in [3.05, 3.63) is 75.9 Å². The van der Waals surface area contributed by atoms with E-state index in [4.69, 9.17) is 9.47 Å². The van der Waals surface area contributed by atoms with Gasteiger partial charge >= 0.3 is 5.95 Å². The molecule has 0 aliphatic rings. The van der Waals surface area contributed by atoms with Crippen LogP contribution >= 0.6 is 0 Å². The van der Waals surface area contributed by atoms with Crippen LogP contribution < -0.4 is 14.9 Å². The van der Waals surface area contributed by atoms with E-state index in [1.807, 2.05) is 0 Å². The molecule has 1 aromatic heterocycles. The number of aromatic nitrogens is 3. The number of ether oxygens (including phenoxy) is 2. The third-order valence-corrected chi connectivity index (χ3v) is 4.14. The molecule has 3 rings (SSSR count). The number of rotatable bonds is 9. The third-order valence-electron chi connectivity index (χ3n) is 4.14. The van der Waals surface area contributed by atoms with E-state index in [0.29, 0.717) is 17.0 Å². The molecule has 0 atom stereocenters. The van der Waals surface area contributed by atoms with Gasteiger partial charge in [0.05, 0.1) is 24.9 Å². The standard InChI is InChI=1S/C20H19FN6O5/c1-13(10-26-12-22-20(25-26)27(29)30)23-24-19(28)17-7-6-16(9-18(17)31-2)32-11-14-4-3-5-15(21)8-14/h3-9,12H,10-11H2,1-2H3,(H,24,28)/b23-13-. The summed E-state index contributed by atoms with van der Waals surface area (Å²) in [4.78, 5) is 26.0. The van der Waals surface area contributed by atoms with Gasteiger partial charge in [-0.3, -0.25) is 4.79 Å². The Balaban J connectivity index is 1.62. The summed E-state index contributed by atoms with van der Waals surface area (Å²) < 4.78 is 25.4. The molecular formula is C20H19FN6O5. The normalized spacial score (nSPS) is 11.2. The average molecular weight is 442 g/mol. The van der Waals surface area contributed by atoms with Crippen molar-refractivity contribution in [1.29, 1.82) is 0 Å². The highest BCUT2D eigenvalue weighted by Gasteiger charge is 2.15. The zero-order valence-corrected chi connectivity index (χ0v) is 17.2. The van der Waals surface area contributed by atoms with E-state index in [-0.39, 0.29) is 30.3 Å². The highest BCUT2D eigenvalue weighted by atomic mass is 19.1. The first-order chi connectivity index (χ1) is 15.4. The Hall–Kier alpha value is -4.35. The van der Waals surface area contributed by atoms with Gasteiger partial charge in [0, 0.05) is 11.2 Å². The lowest BCUT2D eigenvalue weighted by Crippen LogP contribution is -2.21. The summed E-state index contributed by atoms with van der Waals surface area (Å²) in [6, 6.07) is 10.7. The van der Waals surface area contributed by atoms with Crippen LogP contribution in [-0.4, -0.2) is 38.4 Å². The first kappa shape index (κ1) is 22.3. The van der Waals surface area contributed by atoms with Gasteiger partial charge in [-0.2, -0.15) is 9.78 Å². The predicted octanol–water partition coefficient (Wildman–Crippen LogP) is 2.72. The summed E-state index contributed by atoms with van der Waals surface area (Å²) in [5.41, 5.74) is 3.72. The number of hydrazone groups is 1. The monoisotopic (exact) mass is 442 g/mol. The molecule has 3 aromatic rings. The van der Waals surface area contributed by atoms with Crippen LogP contribution in [0.25, 0.3) is 0 Å². The van der Waals surface area contributed by atoms with Gasteiger partial charge in [0.15, 0.2) is 0 Å². The van der Waals surface area contributed by atoms with Gasteiger partial charge in [-0.25, -0.2) is 9.82 Å². The van der Waals surface area contributed by atoms with Crippen LogP contribution in [-0.2, 0) is 13.2 Å². The molecule has 0 saturated carbocycles. The second-order valence-corrected chi connectivity index (χ2v) is 6.57. The van der Waals surface area contributed by atoms with Crippen molar-refractivity contribution in [2.45, 2.75) is 20.1 Å². The Labute approximate surface area is 181 Å². The van der Waals surface area contributed by atoms with Crippen LogP contribution in [0.3, 0.4) is 0 Å². The van der Waals surface area contributed by atoms with Crippen molar-refractivity contribution in [2.24, 2.45) is 5.10 Å². The predicted molar refractivity (Wildman–Crippen MR) is 111 cm³/mol. The molecule has 166 valence electrons. The second kappa shape index (κ2) is 10.1. The van der Waals surface area contributed by atoms with Crippen LogP contribution in [0.2, 0.25) is 0 Å².